The lowest BCUT2D eigenvalue weighted by Crippen LogP contribution is -2.53. The Bertz CT molecular complexity index is 2310. The molecule has 5 N–H and O–H groups in total. The highest BCUT2D eigenvalue weighted by Gasteiger charge is 2.48. The Balaban J connectivity index is 1.65. The number of carboxylic acid groups (broad SMARTS) is 1. The molecule has 69 heavy (non-hydrogen) atoms. The van der Waals surface area contributed by atoms with Crippen LogP contribution in [0.25, 0.3) is 5.57 Å². The van der Waals surface area contributed by atoms with E-state index in [2.05, 4.69) is 96.7 Å². The van der Waals surface area contributed by atoms with Crippen molar-refractivity contribution in [2.75, 3.05) is 24.4 Å². The highest BCUT2D eigenvalue weighted by atomic mass is 28.4. The smallest absolute Gasteiger partial charge is 0.411 e. The van der Waals surface area contributed by atoms with Crippen LogP contribution in [0.5, 0.6) is 11.5 Å². The van der Waals surface area contributed by atoms with Crippen LogP contribution in [-0.4, -0.2) is 88.4 Å². The lowest BCUT2D eigenvalue weighted by molar-refractivity contribution is -0.128. The van der Waals surface area contributed by atoms with Gasteiger partial charge in [0.05, 0.1) is 31.0 Å². The van der Waals surface area contributed by atoms with Gasteiger partial charge in [-0.3, -0.25) is 19.7 Å². The van der Waals surface area contributed by atoms with Gasteiger partial charge in [0.25, 0.3) is 14.2 Å². The highest BCUT2D eigenvalue weighted by molar-refractivity contribution is 6.78. The number of benzene rings is 3. The number of nitrogens with zero attached hydrogens (tertiary/aromatic N) is 1. The number of nitrogens with one attached hydrogen (secondary N) is 4. The summed E-state index contributed by atoms with van der Waals surface area (Å²) in [5.41, 5.74) is 3.44. The molecule has 378 valence electrons. The third-order valence-corrected chi connectivity index (χ3v) is 23.9. The summed E-state index contributed by atoms with van der Waals surface area (Å²) in [5, 5.41) is 19.3. The second-order valence-electron chi connectivity index (χ2n) is 20.6. The van der Waals surface area contributed by atoms with Crippen LogP contribution in [0.4, 0.5) is 25.4 Å². The number of carbonyl (C=O) groups is 5. The minimum Gasteiger partial charge on any atom is -0.540 e. The van der Waals surface area contributed by atoms with Gasteiger partial charge in [-0.05, 0) is 101 Å². The van der Waals surface area contributed by atoms with E-state index in [0.29, 0.717) is 29.2 Å². The maximum Gasteiger partial charge on any atom is 0.411 e. The molecule has 0 unspecified atom stereocenters. The summed E-state index contributed by atoms with van der Waals surface area (Å²) >= 11 is 0. The zero-order chi connectivity index (χ0) is 51.8. The molecule has 0 radical (unpaired) electrons. The maximum absolute atomic E-state index is 15.1. The lowest BCUT2D eigenvalue weighted by Gasteiger charge is -2.42. The standard InChI is InChI=1S/C51H74FN5O10Si2/c1-30(2)45(56-49(61)62)47(59)53-34(9)46(58)54-39-22-16-35(17-23-39)28-65-50(63)55-42-26-44(67-69(31(3)4,32(5)6)33(7)8)43(64-13)25-41(42)48(60)57-27-37(36-18-20-38(52)21-19-36)24-40(57)29-66-68(14,15)51(10,11)12/h16-23,25-27,30-34,40,45,56H,24,28-29H2,1-15H3,(H,53,59)(H,54,58)(H,55,63)(H,61,62)/t34-,40-,45-/m0/s1. The van der Waals surface area contributed by atoms with Gasteiger partial charge in [-0.15, -0.1) is 0 Å². The number of methoxy groups -OCH3 is 1. The molecule has 18 heteroatoms. The van der Waals surface area contributed by atoms with Crippen molar-refractivity contribution in [2.24, 2.45) is 5.92 Å². The molecule has 5 amide bonds. The summed E-state index contributed by atoms with van der Waals surface area (Å²) in [7, 11) is -3.35. The molecule has 0 saturated heterocycles. The van der Waals surface area contributed by atoms with Gasteiger partial charge in [-0.1, -0.05) is 100 Å². The molecule has 0 saturated carbocycles. The van der Waals surface area contributed by atoms with Crippen molar-refractivity contribution in [3.05, 3.63) is 89.4 Å². The number of amides is 5. The van der Waals surface area contributed by atoms with Crippen LogP contribution in [0.15, 0.2) is 66.9 Å². The first-order chi connectivity index (χ1) is 32.1. The quantitative estimate of drug-likeness (QED) is 0.0680. The second-order valence-corrected chi connectivity index (χ2v) is 30.7. The Kier molecular flexibility index (Phi) is 18.8. The number of anilines is 2. The second kappa shape index (κ2) is 23.3. The van der Waals surface area contributed by atoms with E-state index in [0.717, 1.165) is 11.1 Å². The molecule has 15 nitrogen and oxygen atoms in total. The van der Waals surface area contributed by atoms with Crippen molar-refractivity contribution < 1.29 is 51.8 Å². The number of carbonyl (C=O) groups excluding carboxylic acids is 4. The minimum absolute atomic E-state index is 0.0890. The Labute approximate surface area is 409 Å². The molecule has 1 heterocycles. The number of rotatable bonds is 20. The van der Waals surface area contributed by atoms with Crippen molar-refractivity contribution in [1.29, 1.82) is 0 Å². The molecule has 0 spiro atoms. The molecule has 1 aliphatic heterocycles. The fraction of sp³-hybridized carbons (Fsp3) is 0.510. The average molecular weight is 992 g/mol. The van der Waals surface area contributed by atoms with Crippen LogP contribution in [0.1, 0.15) is 111 Å². The molecule has 3 atom stereocenters. The summed E-state index contributed by atoms with van der Waals surface area (Å²) in [6.45, 7) is 28.6. The number of hydrogen-bond acceptors (Lipinski definition) is 9. The van der Waals surface area contributed by atoms with E-state index in [1.54, 1.807) is 73.5 Å². The Hall–Kier alpha value is -5.73. The van der Waals surface area contributed by atoms with Gasteiger partial charge in [-0.25, -0.2) is 14.0 Å². The van der Waals surface area contributed by atoms with Crippen molar-refractivity contribution in [3.63, 3.8) is 0 Å². The zero-order valence-corrected chi connectivity index (χ0v) is 45.0. The number of halogens is 1. The molecular weight excluding hydrogens is 918 g/mol. The van der Waals surface area contributed by atoms with E-state index in [9.17, 15) is 23.6 Å². The molecule has 0 aromatic heterocycles. The van der Waals surface area contributed by atoms with Crippen molar-refractivity contribution in [3.8, 4) is 11.5 Å². The lowest BCUT2D eigenvalue weighted by atomic mass is 10.0. The molecule has 1 aliphatic rings. The van der Waals surface area contributed by atoms with E-state index in [-0.39, 0.29) is 57.9 Å². The van der Waals surface area contributed by atoms with Crippen LogP contribution in [0, 0.1) is 11.7 Å². The van der Waals surface area contributed by atoms with E-state index in [1.165, 1.54) is 26.2 Å². The maximum atomic E-state index is 15.1. The van der Waals surface area contributed by atoms with Gasteiger partial charge < -0.3 is 44.3 Å². The number of ether oxygens (including phenoxy) is 2. The molecule has 0 bridgehead atoms. The molecule has 4 rings (SSSR count). The van der Waals surface area contributed by atoms with Gasteiger partial charge in [0.2, 0.25) is 11.8 Å². The van der Waals surface area contributed by atoms with Gasteiger partial charge in [-0.2, -0.15) is 0 Å². The summed E-state index contributed by atoms with van der Waals surface area (Å²) in [6, 6.07) is 13.5. The molecule has 0 aliphatic carbocycles. The van der Waals surface area contributed by atoms with E-state index >= 15 is 4.79 Å². The van der Waals surface area contributed by atoms with Crippen LogP contribution in [-0.2, 0) is 25.4 Å². The molecule has 0 fully saturated rings. The summed E-state index contributed by atoms with van der Waals surface area (Å²) < 4.78 is 39.5. The topological polar surface area (TPSA) is 194 Å². The van der Waals surface area contributed by atoms with E-state index in [1.807, 2.05) is 0 Å². The Morgan fingerprint density at radius 3 is 1.93 bits per heavy atom. The average Bonchev–Trinajstić information content (AvgIpc) is 3.69. The summed E-state index contributed by atoms with van der Waals surface area (Å²) in [4.78, 5) is 67.4. The fourth-order valence-electron chi connectivity index (χ4n) is 8.45. The van der Waals surface area contributed by atoms with Crippen LogP contribution < -0.4 is 30.4 Å². The third-order valence-electron chi connectivity index (χ3n) is 13.4. The van der Waals surface area contributed by atoms with Crippen molar-refractivity contribution >= 4 is 63.5 Å². The molecule has 3 aromatic carbocycles. The SMILES string of the molecule is COc1cc(C(=O)N2C=C(c3ccc(F)cc3)C[C@H]2CO[Si](C)(C)C(C)(C)C)c(NC(=O)OCc2ccc(NC(=O)[C@H](C)NC(=O)[C@@H](NC(=O)O)C(C)C)cc2)cc1O[Si](C(C)C)(C(C)C)C(C)C. The monoisotopic (exact) mass is 991 g/mol. The third kappa shape index (κ3) is 14.0. The first kappa shape index (κ1) is 55.9. The zero-order valence-electron chi connectivity index (χ0n) is 43.0. The van der Waals surface area contributed by atoms with Gasteiger partial charge in [0.15, 0.2) is 14.1 Å². The summed E-state index contributed by atoms with van der Waals surface area (Å²) in [5.74, 6) is -1.61. The first-order valence-electron chi connectivity index (χ1n) is 23.6. The van der Waals surface area contributed by atoms with E-state index < -0.39 is 64.7 Å². The summed E-state index contributed by atoms with van der Waals surface area (Å²) in [6.07, 6.45) is 0.0216. The van der Waals surface area contributed by atoms with E-state index in [4.69, 9.17) is 23.4 Å². The molecular formula is C51H74FN5O10Si2. The van der Waals surface area contributed by atoms with Gasteiger partial charge in [0, 0.05) is 18.0 Å². The van der Waals surface area contributed by atoms with Gasteiger partial charge >= 0.3 is 12.2 Å². The Morgan fingerprint density at radius 2 is 1.41 bits per heavy atom. The van der Waals surface area contributed by atoms with Gasteiger partial charge in [0.1, 0.15) is 30.3 Å². The molecule has 3 aromatic rings. The van der Waals surface area contributed by atoms with Crippen LogP contribution >= 0.6 is 0 Å². The minimum atomic E-state index is -2.59. The predicted molar refractivity (Wildman–Crippen MR) is 273 cm³/mol. The Morgan fingerprint density at radius 1 is 0.812 bits per heavy atom. The number of hydrogen-bond donors (Lipinski definition) is 5. The van der Waals surface area contributed by atoms with Crippen molar-refractivity contribution in [1.82, 2.24) is 15.5 Å². The normalized spacial score (nSPS) is 15.2. The fourth-order valence-corrected chi connectivity index (χ4v) is 14.7. The van der Waals surface area contributed by atoms with Crippen molar-refractivity contribution in [2.45, 2.75) is 149 Å². The largest absolute Gasteiger partial charge is 0.540 e. The first-order valence-corrected chi connectivity index (χ1v) is 28.6. The van der Waals surface area contributed by atoms with Crippen LogP contribution in [0.2, 0.25) is 34.8 Å². The predicted octanol–water partition coefficient (Wildman–Crippen LogP) is 11.2. The highest BCUT2D eigenvalue weighted by Crippen LogP contribution is 2.47. The van der Waals surface area contributed by atoms with Crippen LogP contribution in [0.3, 0.4) is 0 Å².